The second-order valence-corrected chi connectivity index (χ2v) is 6.23. The minimum absolute atomic E-state index is 0.274. The number of benzene rings is 2. The molecule has 0 fully saturated rings. The van der Waals surface area contributed by atoms with Gasteiger partial charge in [0.25, 0.3) is 5.91 Å². The molecule has 0 heterocycles. The first-order chi connectivity index (χ1) is 13.4. The number of rotatable bonds is 8. The van der Waals surface area contributed by atoms with Crippen molar-refractivity contribution in [3.63, 3.8) is 0 Å². The Labute approximate surface area is 165 Å². The van der Waals surface area contributed by atoms with Crippen LogP contribution < -0.4 is 9.47 Å². The van der Waals surface area contributed by atoms with E-state index in [4.69, 9.17) is 14.2 Å². The van der Waals surface area contributed by atoms with Gasteiger partial charge in [-0.3, -0.25) is 4.79 Å². The molecular weight excluding hydrogens is 358 g/mol. The lowest BCUT2D eigenvalue weighted by Gasteiger charge is -2.18. The van der Waals surface area contributed by atoms with Crippen molar-refractivity contribution < 1.29 is 23.8 Å². The normalized spacial score (nSPS) is 10.6. The van der Waals surface area contributed by atoms with Crippen LogP contribution in [0.5, 0.6) is 11.5 Å². The summed E-state index contributed by atoms with van der Waals surface area (Å²) in [6.07, 6.45) is 2.82. The highest BCUT2D eigenvalue weighted by molar-refractivity contribution is 5.89. The van der Waals surface area contributed by atoms with Crippen LogP contribution >= 0.6 is 0 Å². The van der Waals surface area contributed by atoms with Crippen molar-refractivity contribution in [3.8, 4) is 11.5 Å². The highest BCUT2D eigenvalue weighted by atomic mass is 16.5. The number of hydrogen-bond donors (Lipinski definition) is 0. The zero-order valence-corrected chi connectivity index (χ0v) is 16.6. The smallest absolute Gasteiger partial charge is 0.331 e. The SMILES string of the molecule is COc1ccc(OC)c(/C=C/C(=O)OCC(=O)N(C)Cc2ccccc2C)c1. The molecule has 6 heteroatoms. The second kappa shape index (κ2) is 10.2. The molecule has 0 N–H and O–H groups in total. The Bertz CT molecular complexity index is 860. The number of carbonyl (C=O) groups is 2. The first kappa shape index (κ1) is 21.0. The molecule has 0 unspecified atom stereocenters. The third-order valence-electron chi connectivity index (χ3n) is 4.27. The summed E-state index contributed by atoms with van der Waals surface area (Å²) in [7, 11) is 4.78. The Balaban J connectivity index is 1.90. The van der Waals surface area contributed by atoms with Crippen LogP contribution in [0.15, 0.2) is 48.5 Å². The third-order valence-corrected chi connectivity index (χ3v) is 4.27. The van der Waals surface area contributed by atoms with Crippen molar-refractivity contribution in [1.29, 1.82) is 0 Å². The summed E-state index contributed by atoms with van der Waals surface area (Å²) in [5.74, 6) is 0.354. The molecule has 6 nitrogen and oxygen atoms in total. The van der Waals surface area contributed by atoms with Gasteiger partial charge in [0.15, 0.2) is 6.61 Å². The van der Waals surface area contributed by atoms with Gasteiger partial charge >= 0.3 is 5.97 Å². The van der Waals surface area contributed by atoms with Gasteiger partial charge in [0.1, 0.15) is 11.5 Å². The average Bonchev–Trinajstić information content (AvgIpc) is 2.71. The zero-order valence-electron chi connectivity index (χ0n) is 16.6. The van der Waals surface area contributed by atoms with Gasteiger partial charge < -0.3 is 19.1 Å². The molecule has 0 bridgehead atoms. The number of methoxy groups -OCH3 is 2. The third kappa shape index (κ3) is 5.87. The number of hydrogen-bond acceptors (Lipinski definition) is 5. The Morgan fingerprint density at radius 2 is 1.82 bits per heavy atom. The topological polar surface area (TPSA) is 65.1 Å². The molecule has 0 aliphatic carbocycles. The number of amides is 1. The Morgan fingerprint density at radius 3 is 2.50 bits per heavy atom. The maximum Gasteiger partial charge on any atom is 0.331 e. The molecule has 0 aliphatic rings. The molecule has 28 heavy (non-hydrogen) atoms. The summed E-state index contributed by atoms with van der Waals surface area (Å²) in [5, 5.41) is 0. The monoisotopic (exact) mass is 383 g/mol. The first-order valence-electron chi connectivity index (χ1n) is 8.80. The summed E-state index contributed by atoms with van der Waals surface area (Å²) >= 11 is 0. The highest BCUT2D eigenvalue weighted by Crippen LogP contribution is 2.25. The Kier molecular flexibility index (Phi) is 7.63. The number of ether oxygens (including phenoxy) is 3. The number of nitrogens with zero attached hydrogens (tertiary/aromatic N) is 1. The molecule has 0 aliphatic heterocycles. The second-order valence-electron chi connectivity index (χ2n) is 6.23. The van der Waals surface area contributed by atoms with Gasteiger partial charge in [0.05, 0.1) is 14.2 Å². The summed E-state index contributed by atoms with van der Waals surface area (Å²) < 4.78 is 15.5. The maximum atomic E-state index is 12.2. The summed E-state index contributed by atoms with van der Waals surface area (Å²) in [6, 6.07) is 13.1. The van der Waals surface area contributed by atoms with Crippen molar-refractivity contribution in [1.82, 2.24) is 4.90 Å². The molecule has 2 rings (SSSR count). The molecule has 0 saturated carbocycles. The van der Waals surface area contributed by atoms with E-state index in [1.165, 1.54) is 11.0 Å². The lowest BCUT2D eigenvalue weighted by molar-refractivity contribution is -0.147. The van der Waals surface area contributed by atoms with Crippen molar-refractivity contribution in [2.24, 2.45) is 0 Å². The van der Waals surface area contributed by atoms with E-state index < -0.39 is 5.97 Å². The number of likely N-dealkylation sites (N-methyl/N-ethyl adjacent to an activating group) is 1. The van der Waals surface area contributed by atoms with Crippen LogP contribution in [0.25, 0.3) is 6.08 Å². The standard InChI is InChI=1S/C22H25NO5/c1-16-7-5-6-8-18(16)14-23(2)21(24)15-28-22(25)12-9-17-13-19(26-3)10-11-20(17)27-4/h5-13H,14-15H2,1-4H3/b12-9+. The fraction of sp³-hybridized carbons (Fsp3) is 0.273. The van der Waals surface area contributed by atoms with E-state index in [0.29, 0.717) is 23.6 Å². The predicted octanol–water partition coefficient (Wildman–Crippen LogP) is 3.23. The van der Waals surface area contributed by atoms with Crippen LogP contribution in [0.4, 0.5) is 0 Å². The molecule has 148 valence electrons. The molecule has 0 saturated heterocycles. The first-order valence-corrected chi connectivity index (χ1v) is 8.80. The fourth-order valence-corrected chi connectivity index (χ4v) is 2.55. The van der Waals surface area contributed by atoms with Crippen LogP contribution in [-0.2, 0) is 20.9 Å². The Hall–Kier alpha value is -3.28. The van der Waals surface area contributed by atoms with Gasteiger partial charge in [-0.15, -0.1) is 0 Å². The minimum Gasteiger partial charge on any atom is -0.497 e. The minimum atomic E-state index is -0.609. The lowest BCUT2D eigenvalue weighted by atomic mass is 10.1. The van der Waals surface area contributed by atoms with Gasteiger partial charge in [0, 0.05) is 25.2 Å². The van der Waals surface area contributed by atoms with Crippen LogP contribution in [0.3, 0.4) is 0 Å². The van der Waals surface area contributed by atoms with E-state index in [1.54, 1.807) is 45.5 Å². The number of esters is 1. The maximum absolute atomic E-state index is 12.2. The summed E-state index contributed by atoms with van der Waals surface area (Å²) in [6.45, 7) is 2.13. The van der Waals surface area contributed by atoms with Gasteiger partial charge in [-0.25, -0.2) is 4.79 Å². The zero-order chi connectivity index (χ0) is 20.5. The highest BCUT2D eigenvalue weighted by Gasteiger charge is 2.12. The van der Waals surface area contributed by atoms with Gasteiger partial charge in [-0.05, 0) is 42.3 Å². The number of aryl methyl sites for hydroxylation is 1. The van der Waals surface area contributed by atoms with E-state index in [1.807, 2.05) is 31.2 Å². The molecule has 1 amide bonds. The molecule has 0 spiro atoms. The van der Waals surface area contributed by atoms with Crippen molar-refractivity contribution in [2.45, 2.75) is 13.5 Å². The van der Waals surface area contributed by atoms with E-state index >= 15 is 0 Å². The average molecular weight is 383 g/mol. The van der Waals surface area contributed by atoms with Crippen molar-refractivity contribution >= 4 is 18.0 Å². The summed E-state index contributed by atoms with van der Waals surface area (Å²) in [4.78, 5) is 25.7. The number of carbonyl (C=O) groups excluding carboxylic acids is 2. The molecule has 2 aromatic rings. The molecule has 0 atom stereocenters. The Morgan fingerprint density at radius 1 is 1.07 bits per heavy atom. The summed E-state index contributed by atoms with van der Waals surface area (Å²) in [5.41, 5.74) is 2.82. The van der Waals surface area contributed by atoms with E-state index in [-0.39, 0.29) is 12.5 Å². The van der Waals surface area contributed by atoms with Crippen LogP contribution in [0.2, 0.25) is 0 Å². The largest absolute Gasteiger partial charge is 0.497 e. The molecule has 0 radical (unpaired) electrons. The van der Waals surface area contributed by atoms with E-state index in [2.05, 4.69) is 0 Å². The molecular formula is C22H25NO5. The van der Waals surface area contributed by atoms with E-state index in [9.17, 15) is 9.59 Å². The van der Waals surface area contributed by atoms with Gasteiger partial charge in [-0.2, -0.15) is 0 Å². The van der Waals surface area contributed by atoms with E-state index in [0.717, 1.165) is 11.1 Å². The predicted molar refractivity (Wildman–Crippen MR) is 107 cm³/mol. The van der Waals surface area contributed by atoms with Crippen LogP contribution in [0, 0.1) is 6.92 Å². The van der Waals surface area contributed by atoms with Gasteiger partial charge in [0.2, 0.25) is 0 Å². The van der Waals surface area contributed by atoms with Crippen LogP contribution in [0.1, 0.15) is 16.7 Å². The quantitative estimate of drug-likeness (QED) is 0.517. The van der Waals surface area contributed by atoms with Gasteiger partial charge in [-0.1, -0.05) is 24.3 Å². The molecule has 2 aromatic carbocycles. The molecule has 0 aromatic heterocycles. The fourth-order valence-electron chi connectivity index (χ4n) is 2.55. The van der Waals surface area contributed by atoms with Crippen molar-refractivity contribution in [2.75, 3.05) is 27.9 Å². The van der Waals surface area contributed by atoms with Crippen LogP contribution in [-0.4, -0.2) is 44.7 Å². The lowest BCUT2D eigenvalue weighted by Crippen LogP contribution is -2.30. The van der Waals surface area contributed by atoms with Crippen molar-refractivity contribution in [3.05, 3.63) is 65.2 Å².